The zero-order chi connectivity index (χ0) is 19.0. The monoisotopic (exact) mass is 360 g/mol. The zero-order valence-corrected chi connectivity index (χ0v) is 15.3. The third kappa shape index (κ3) is 2.91. The van der Waals surface area contributed by atoms with Gasteiger partial charge < -0.3 is 13.9 Å². The van der Waals surface area contributed by atoms with Gasteiger partial charge in [0, 0.05) is 17.8 Å². The molecule has 0 saturated heterocycles. The first-order chi connectivity index (χ1) is 13.1. The summed E-state index contributed by atoms with van der Waals surface area (Å²) in [6, 6.07) is 18.3. The average Bonchev–Trinajstić information content (AvgIpc) is 3.24. The molecule has 5 heteroatoms. The Bertz CT molecular complexity index is 1120. The van der Waals surface area contributed by atoms with Gasteiger partial charge in [-0.1, -0.05) is 24.3 Å². The number of carbonyl (C=O) groups excluding carboxylic acids is 1. The first kappa shape index (κ1) is 17.1. The van der Waals surface area contributed by atoms with Crippen LogP contribution >= 0.6 is 0 Å². The number of rotatable bonds is 4. The molecule has 0 aliphatic heterocycles. The van der Waals surface area contributed by atoms with Crippen molar-refractivity contribution in [3.63, 3.8) is 0 Å². The Morgan fingerprint density at radius 3 is 2.15 bits per heavy atom. The molecular weight excluding hydrogens is 340 g/mol. The summed E-state index contributed by atoms with van der Waals surface area (Å²) >= 11 is 0. The predicted molar refractivity (Wildman–Crippen MR) is 106 cm³/mol. The van der Waals surface area contributed by atoms with E-state index in [0.717, 1.165) is 16.8 Å². The number of fused-ring (bicyclic) bond motifs is 2. The number of carbonyl (C=O) groups is 1. The molecule has 1 unspecified atom stereocenters. The minimum absolute atomic E-state index is 0.0118. The van der Waals surface area contributed by atoms with E-state index in [4.69, 9.17) is 4.42 Å². The van der Waals surface area contributed by atoms with Crippen LogP contribution in [0, 0.1) is 0 Å². The number of aromatic nitrogens is 1. The Morgan fingerprint density at radius 1 is 1.00 bits per heavy atom. The Morgan fingerprint density at radius 2 is 1.59 bits per heavy atom. The largest absolute Gasteiger partial charge is 0.467 e. The Balaban J connectivity index is 1.80. The van der Waals surface area contributed by atoms with Gasteiger partial charge in [-0.05, 0) is 43.3 Å². The molecule has 4 rings (SSSR count). The fourth-order valence-corrected chi connectivity index (χ4v) is 3.43. The lowest BCUT2D eigenvalue weighted by molar-refractivity contribution is -0.132. The second-order valence-electron chi connectivity index (χ2n) is 6.65. The van der Waals surface area contributed by atoms with E-state index in [0.29, 0.717) is 10.8 Å². The molecule has 0 aliphatic rings. The zero-order valence-electron chi connectivity index (χ0n) is 15.3. The van der Waals surface area contributed by atoms with E-state index in [2.05, 4.69) is 0 Å². The molecule has 27 heavy (non-hydrogen) atoms. The van der Waals surface area contributed by atoms with Crippen LogP contribution in [0.2, 0.25) is 0 Å². The molecule has 0 bridgehead atoms. The number of hydrogen-bond acceptors (Lipinski definition) is 3. The fourth-order valence-electron chi connectivity index (χ4n) is 3.43. The molecular formula is C22H20N2O3. The van der Waals surface area contributed by atoms with Crippen LogP contribution in [-0.2, 0) is 11.3 Å². The summed E-state index contributed by atoms with van der Waals surface area (Å²) in [7, 11) is 1.77. The third-order valence-electron chi connectivity index (χ3n) is 5.10. The molecule has 1 amide bonds. The first-order valence-electron chi connectivity index (χ1n) is 8.87. The minimum Gasteiger partial charge on any atom is -0.467 e. The van der Waals surface area contributed by atoms with Gasteiger partial charge in [-0.25, -0.2) is 0 Å². The Kier molecular flexibility index (Phi) is 4.28. The molecule has 1 atom stereocenters. The van der Waals surface area contributed by atoms with Gasteiger partial charge in [0.25, 0.3) is 0 Å². The van der Waals surface area contributed by atoms with Gasteiger partial charge in [0.15, 0.2) is 5.43 Å². The summed E-state index contributed by atoms with van der Waals surface area (Å²) in [6.45, 7) is 2.07. The number of nitrogens with zero attached hydrogens (tertiary/aromatic N) is 2. The average molecular weight is 360 g/mol. The smallest absolute Gasteiger partial charge is 0.242 e. The van der Waals surface area contributed by atoms with Crippen LogP contribution in [0.5, 0.6) is 0 Å². The topological polar surface area (TPSA) is 55.5 Å². The van der Waals surface area contributed by atoms with E-state index in [1.165, 1.54) is 0 Å². The van der Waals surface area contributed by atoms with Gasteiger partial charge in [0.05, 0.1) is 23.3 Å². The number of likely N-dealkylation sites (N-methyl/N-ethyl adjacent to an activating group) is 1. The number of amides is 1. The molecule has 0 spiro atoms. The SMILES string of the molecule is CC(c1ccco1)N(C)C(=O)Cn1c2ccccc2c(=O)c2ccccc21. The quantitative estimate of drug-likeness (QED) is 0.518. The molecule has 136 valence electrons. The molecule has 5 nitrogen and oxygen atoms in total. The van der Waals surface area contributed by atoms with Crippen LogP contribution in [0.25, 0.3) is 21.8 Å². The maximum absolute atomic E-state index is 13.0. The summed E-state index contributed by atoms with van der Waals surface area (Å²) < 4.78 is 7.35. The van der Waals surface area contributed by atoms with Gasteiger partial charge in [-0.3, -0.25) is 9.59 Å². The van der Waals surface area contributed by atoms with E-state index in [1.54, 1.807) is 30.3 Å². The molecule has 0 radical (unpaired) electrons. The van der Waals surface area contributed by atoms with E-state index < -0.39 is 0 Å². The highest BCUT2D eigenvalue weighted by Crippen LogP contribution is 2.22. The third-order valence-corrected chi connectivity index (χ3v) is 5.10. The van der Waals surface area contributed by atoms with Crippen LogP contribution < -0.4 is 5.43 Å². The summed E-state index contributed by atoms with van der Waals surface area (Å²) in [5, 5.41) is 1.23. The lowest BCUT2D eigenvalue weighted by atomic mass is 10.1. The summed E-state index contributed by atoms with van der Waals surface area (Å²) in [4.78, 5) is 27.5. The van der Waals surface area contributed by atoms with Crippen molar-refractivity contribution in [1.82, 2.24) is 9.47 Å². The van der Waals surface area contributed by atoms with Crippen molar-refractivity contribution in [1.29, 1.82) is 0 Å². The maximum Gasteiger partial charge on any atom is 0.242 e. The van der Waals surface area contributed by atoms with E-state index in [9.17, 15) is 9.59 Å². The van der Waals surface area contributed by atoms with Crippen LogP contribution in [-0.4, -0.2) is 22.4 Å². The van der Waals surface area contributed by atoms with Crippen molar-refractivity contribution < 1.29 is 9.21 Å². The molecule has 2 heterocycles. The second kappa shape index (κ2) is 6.76. The summed E-state index contributed by atoms with van der Waals surface area (Å²) in [6.07, 6.45) is 1.60. The molecule has 2 aromatic heterocycles. The van der Waals surface area contributed by atoms with Crippen molar-refractivity contribution in [2.24, 2.45) is 0 Å². The van der Waals surface area contributed by atoms with Gasteiger partial charge in [-0.2, -0.15) is 0 Å². The molecule has 0 fully saturated rings. The first-order valence-corrected chi connectivity index (χ1v) is 8.87. The van der Waals surface area contributed by atoms with Crippen LogP contribution in [0.3, 0.4) is 0 Å². The molecule has 0 aliphatic carbocycles. The van der Waals surface area contributed by atoms with Gasteiger partial charge in [0.2, 0.25) is 5.91 Å². The van der Waals surface area contributed by atoms with Gasteiger partial charge in [0.1, 0.15) is 12.3 Å². The van der Waals surface area contributed by atoms with Crippen molar-refractivity contribution >= 4 is 27.7 Å². The number of para-hydroxylation sites is 2. The Hall–Kier alpha value is -3.34. The van der Waals surface area contributed by atoms with Crippen molar-refractivity contribution in [3.8, 4) is 0 Å². The number of hydrogen-bond donors (Lipinski definition) is 0. The highest BCUT2D eigenvalue weighted by molar-refractivity contribution is 5.94. The second-order valence-corrected chi connectivity index (χ2v) is 6.65. The van der Waals surface area contributed by atoms with E-state index in [1.807, 2.05) is 60.0 Å². The van der Waals surface area contributed by atoms with Crippen molar-refractivity contribution in [3.05, 3.63) is 82.9 Å². The fraction of sp³-hybridized carbons (Fsp3) is 0.182. The highest BCUT2D eigenvalue weighted by atomic mass is 16.3. The van der Waals surface area contributed by atoms with Crippen LogP contribution in [0.15, 0.2) is 76.1 Å². The van der Waals surface area contributed by atoms with Crippen LogP contribution in [0.4, 0.5) is 0 Å². The number of furan rings is 1. The minimum atomic E-state index is -0.176. The predicted octanol–water partition coefficient (Wildman–Crippen LogP) is 3.97. The summed E-state index contributed by atoms with van der Waals surface area (Å²) in [5.74, 6) is 0.679. The molecule has 0 saturated carbocycles. The van der Waals surface area contributed by atoms with Gasteiger partial charge >= 0.3 is 0 Å². The van der Waals surface area contributed by atoms with Gasteiger partial charge in [-0.15, -0.1) is 0 Å². The van der Waals surface area contributed by atoms with Crippen molar-refractivity contribution in [2.75, 3.05) is 7.05 Å². The van der Waals surface area contributed by atoms with E-state index >= 15 is 0 Å². The normalized spacial score (nSPS) is 12.4. The lowest BCUT2D eigenvalue weighted by Gasteiger charge is -2.25. The molecule has 2 aromatic carbocycles. The highest BCUT2D eigenvalue weighted by Gasteiger charge is 2.21. The molecule has 0 N–H and O–H groups in total. The lowest BCUT2D eigenvalue weighted by Crippen LogP contribution is -2.33. The summed E-state index contributed by atoms with van der Waals surface area (Å²) in [5.41, 5.74) is 1.50. The van der Waals surface area contributed by atoms with E-state index in [-0.39, 0.29) is 23.9 Å². The van der Waals surface area contributed by atoms with Crippen LogP contribution in [0.1, 0.15) is 18.7 Å². The number of pyridine rings is 1. The Labute approximate surface area is 156 Å². The number of benzene rings is 2. The standard InChI is InChI=1S/C22H20N2O3/c1-15(20-12-7-13-27-20)23(2)21(25)14-24-18-10-5-3-8-16(18)22(26)17-9-4-6-11-19(17)24/h3-13,15H,14H2,1-2H3. The molecule has 4 aromatic rings. The van der Waals surface area contributed by atoms with Crippen molar-refractivity contribution in [2.45, 2.75) is 19.5 Å². The maximum atomic E-state index is 13.0.